The van der Waals surface area contributed by atoms with Gasteiger partial charge in [-0.15, -0.1) is 0 Å². The number of nitrogens with zero attached hydrogens (tertiary/aromatic N) is 4. The van der Waals surface area contributed by atoms with Gasteiger partial charge in [0.05, 0.1) is 19.2 Å². The molecule has 6 heteroatoms. The molecule has 6 nitrogen and oxygen atoms in total. The standard InChI is InChI=1S/C13H20N4O2/c1-11(12-4-8-19-15-12)16(2)10-13-14-5-6-17(13)7-9-18-3/h4-6,8,11H,7,9-10H2,1-3H3/t11-/m0/s1. The van der Waals surface area contributed by atoms with Crippen molar-refractivity contribution in [2.75, 3.05) is 20.8 Å². The average Bonchev–Trinajstić information content (AvgIpc) is 3.07. The molecule has 0 N–H and O–H groups in total. The van der Waals surface area contributed by atoms with Crippen LogP contribution in [0.4, 0.5) is 0 Å². The van der Waals surface area contributed by atoms with Crippen LogP contribution in [0, 0.1) is 0 Å². The van der Waals surface area contributed by atoms with E-state index in [0.29, 0.717) is 6.61 Å². The fourth-order valence-corrected chi connectivity index (χ4v) is 1.91. The van der Waals surface area contributed by atoms with Crippen LogP contribution in [0.25, 0.3) is 0 Å². The van der Waals surface area contributed by atoms with Gasteiger partial charge in [0.25, 0.3) is 0 Å². The predicted molar refractivity (Wildman–Crippen MR) is 70.5 cm³/mol. The lowest BCUT2D eigenvalue weighted by Gasteiger charge is -2.22. The lowest BCUT2D eigenvalue weighted by Crippen LogP contribution is -2.24. The Labute approximate surface area is 113 Å². The van der Waals surface area contributed by atoms with E-state index in [1.54, 1.807) is 13.4 Å². The highest BCUT2D eigenvalue weighted by Crippen LogP contribution is 2.18. The molecule has 0 bridgehead atoms. The summed E-state index contributed by atoms with van der Waals surface area (Å²) in [7, 11) is 3.75. The van der Waals surface area contributed by atoms with E-state index < -0.39 is 0 Å². The maximum atomic E-state index is 5.10. The van der Waals surface area contributed by atoms with Crippen molar-refractivity contribution in [1.82, 2.24) is 19.6 Å². The molecule has 104 valence electrons. The molecule has 2 aromatic rings. The van der Waals surface area contributed by atoms with E-state index in [-0.39, 0.29) is 6.04 Å². The van der Waals surface area contributed by atoms with Gasteiger partial charge in [-0.25, -0.2) is 4.98 Å². The molecule has 0 spiro atoms. The Balaban J connectivity index is 1.98. The first-order valence-corrected chi connectivity index (χ1v) is 6.32. The summed E-state index contributed by atoms with van der Waals surface area (Å²) in [5, 5.41) is 3.97. The van der Waals surface area contributed by atoms with Crippen molar-refractivity contribution in [3.8, 4) is 0 Å². The topological polar surface area (TPSA) is 56.3 Å². The van der Waals surface area contributed by atoms with Gasteiger partial charge in [0.1, 0.15) is 17.8 Å². The Morgan fingerprint density at radius 1 is 1.53 bits per heavy atom. The zero-order chi connectivity index (χ0) is 13.7. The van der Waals surface area contributed by atoms with Crippen molar-refractivity contribution in [2.45, 2.75) is 26.1 Å². The van der Waals surface area contributed by atoms with Crippen LogP contribution in [0.2, 0.25) is 0 Å². The van der Waals surface area contributed by atoms with Crippen LogP contribution in [-0.4, -0.2) is 40.4 Å². The van der Waals surface area contributed by atoms with E-state index in [4.69, 9.17) is 9.26 Å². The van der Waals surface area contributed by atoms with Crippen LogP contribution in [0.5, 0.6) is 0 Å². The Hall–Kier alpha value is -1.66. The number of imidazole rings is 1. The SMILES string of the molecule is COCCn1ccnc1CN(C)[C@@H](C)c1ccon1. The van der Waals surface area contributed by atoms with Crippen molar-refractivity contribution in [2.24, 2.45) is 0 Å². The molecular formula is C13H20N4O2. The Morgan fingerprint density at radius 3 is 3.05 bits per heavy atom. The van der Waals surface area contributed by atoms with Crippen LogP contribution in [0.1, 0.15) is 24.5 Å². The number of hydrogen-bond acceptors (Lipinski definition) is 5. The van der Waals surface area contributed by atoms with E-state index in [2.05, 4.69) is 33.6 Å². The summed E-state index contributed by atoms with van der Waals surface area (Å²) in [4.78, 5) is 6.58. The number of methoxy groups -OCH3 is 1. The second kappa shape index (κ2) is 6.49. The molecule has 0 fully saturated rings. The van der Waals surface area contributed by atoms with Gasteiger partial charge in [-0.05, 0) is 14.0 Å². The molecule has 1 atom stereocenters. The van der Waals surface area contributed by atoms with Crippen LogP contribution < -0.4 is 0 Å². The van der Waals surface area contributed by atoms with Gasteiger partial charge in [-0.3, -0.25) is 4.90 Å². The Kier molecular flexibility index (Phi) is 4.70. The number of rotatable bonds is 7. The summed E-state index contributed by atoms with van der Waals surface area (Å²) in [6.45, 7) is 4.36. The third-order valence-electron chi connectivity index (χ3n) is 3.28. The Bertz CT molecular complexity index is 481. The van der Waals surface area contributed by atoms with Gasteiger partial charge in [0.2, 0.25) is 0 Å². The molecule has 0 aliphatic rings. The molecule has 0 aromatic carbocycles. The average molecular weight is 264 g/mol. The molecule has 0 amide bonds. The fraction of sp³-hybridized carbons (Fsp3) is 0.538. The van der Waals surface area contributed by atoms with Crippen LogP contribution in [-0.2, 0) is 17.8 Å². The highest BCUT2D eigenvalue weighted by Gasteiger charge is 2.16. The monoisotopic (exact) mass is 264 g/mol. The zero-order valence-corrected chi connectivity index (χ0v) is 11.6. The molecular weight excluding hydrogens is 244 g/mol. The highest BCUT2D eigenvalue weighted by molar-refractivity contribution is 5.02. The van der Waals surface area contributed by atoms with Crippen molar-refractivity contribution in [3.63, 3.8) is 0 Å². The van der Waals surface area contributed by atoms with E-state index in [1.807, 2.05) is 18.5 Å². The van der Waals surface area contributed by atoms with Gasteiger partial charge in [-0.2, -0.15) is 0 Å². The summed E-state index contributed by atoms with van der Waals surface area (Å²) >= 11 is 0. The van der Waals surface area contributed by atoms with Crippen molar-refractivity contribution < 1.29 is 9.26 Å². The molecule has 2 aromatic heterocycles. The lowest BCUT2D eigenvalue weighted by molar-refractivity contribution is 0.182. The van der Waals surface area contributed by atoms with Crippen LogP contribution >= 0.6 is 0 Å². The molecule has 0 saturated carbocycles. The van der Waals surface area contributed by atoms with Crippen LogP contribution in [0.3, 0.4) is 0 Å². The summed E-state index contributed by atoms with van der Waals surface area (Å²) in [5.74, 6) is 1.02. The first-order chi connectivity index (χ1) is 9.22. The maximum Gasteiger partial charge on any atom is 0.124 e. The smallest absolute Gasteiger partial charge is 0.124 e. The minimum Gasteiger partial charge on any atom is -0.383 e. The van der Waals surface area contributed by atoms with Gasteiger partial charge in [0.15, 0.2) is 0 Å². The second-order valence-electron chi connectivity index (χ2n) is 4.55. The van der Waals surface area contributed by atoms with E-state index in [0.717, 1.165) is 24.6 Å². The molecule has 0 radical (unpaired) electrons. The molecule has 0 aliphatic heterocycles. The molecule has 2 rings (SSSR count). The summed E-state index contributed by atoms with van der Waals surface area (Å²) in [6.07, 6.45) is 5.39. The summed E-state index contributed by atoms with van der Waals surface area (Å²) < 4.78 is 12.1. The largest absolute Gasteiger partial charge is 0.383 e. The third-order valence-corrected chi connectivity index (χ3v) is 3.28. The van der Waals surface area contributed by atoms with E-state index in [1.165, 1.54) is 0 Å². The van der Waals surface area contributed by atoms with Gasteiger partial charge in [0, 0.05) is 32.1 Å². The lowest BCUT2D eigenvalue weighted by atomic mass is 10.2. The fourth-order valence-electron chi connectivity index (χ4n) is 1.91. The number of ether oxygens (including phenoxy) is 1. The first kappa shape index (κ1) is 13.8. The summed E-state index contributed by atoms with van der Waals surface area (Å²) in [5.41, 5.74) is 0.928. The zero-order valence-electron chi connectivity index (χ0n) is 11.6. The molecule has 19 heavy (non-hydrogen) atoms. The minimum atomic E-state index is 0.186. The molecule has 0 aliphatic carbocycles. The second-order valence-corrected chi connectivity index (χ2v) is 4.55. The predicted octanol–water partition coefficient (Wildman–Crippen LogP) is 1.71. The molecule has 2 heterocycles. The summed E-state index contributed by atoms with van der Waals surface area (Å²) in [6, 6.07) is 2.07. The molecule has 0 unspecified atom stereocenters. The highest BCUT2D eigenvalue weighted by atomic mass is 16.5. The van der Waals surface area contributed by atoms with E-state index in [9.17, 15) is 0 Å². The number of hydrogen-bond donors (Lipinski definition) is 0. The normalized spacial score (nSPS) is 13.1. The van der Waals surface area contributed by atoms with Gasteiger partial charge >= 0.3 is 0 Å². The first-order valence-electron chi connectivity index (χ1n) is 6.32. The van der Waals surface area contributed by atoms with Gasteiger partial charge < -0.3 is 13.8 Å². The van der Waals surface area contributed by atoms with Gasteiger partial charge in [-0.1, -0.05) is 5.16 Å². The minimum absolute atomic E-state index is 0.186. The quantitative estimate of drug-likeness (QED) is 0.762. The van der Waals surface area contributed by atoms with Crippen molar-refractivity contribution >= 4 is 0 Å². The van der Waals surface area contributed by atoms with Crippen molar-refractivity contribution in [3.05, 3.63) is 36.2 Å². The molecule has 0 saturated heterocycles. The van der Waals surface area contributed by atoms with Crippen LogP contribution in [0.15, 0.2) is 29.2 Å². The maximum absolute atomic E-state index is 5.10. The third kappa shape index (κ3) is 3.42. The Morgan fingerprint density at radius 2 is 2.37 bits per heavy atom. The number of aromatic nitrogens is 3. The van der Waals surface area contributed by atoms with Crippen molar-refractivity contribution in [1.29, 1.82) is 0 Å². The van der Waals surface area contributed by atoms with E-state index >= 15 is 0 Å².